The lowest BCUT2D eigenvalue weighted by atomic mass is 9.97. The number of oxazole rings is 1. The standard InChI is InChI=1S/C47H31N3O/c1-3-12-33(13-4-1)47-48-46-42-19-11-18-38(39(42)30-31-45(46)51-47)32-22-24-35(25-23-32)49(34-14-5-2-6-15-34)36-26-28-37(29-27-36)50-43-20-9-7-16-40(43)41-17-8-10-21-44(41)50/h1-31H. The Hall–Kier alpha value is -6.91. The van der Waals surface area contributed by atoms with Crippen LogP contribution in [0, 0.1) is 0 Å². The van der Waals surface area contributed by atoms with Gasteiger partial charge in [0.15, 0.2) is 5.58 Å². The molecule has 0 aliphatic rings. The van der Waals surface area contributed by atoms with Crippen LogP contribution in [0.1, 0.15) is 0 Å². The molecule has 0 bridgehead atoms. The van der Waals surface area contributed by atoms with Gasteiger partial charge in [-0.1, -0.05) is 103 Å². The lowest BCUT2D eigenvalue weighted by Crippen LogP contribution is -2.10. The maximum Gasteiger partial charge on any atom is 0.227 e. The van der Waals surface area contributed by atoms with Gasteiger partial charge >= 0.3 is 0 Å². The van der Waals surface area contributed by atoms with Crippen molar-refractivity contribution in [1.82, 2.24) is 9.55 Å². The van der Waals surface area contributed by atoms with Gasteiger partial charge < -0.3 is 13.9 Å². The molecule has 0 atom stereocenters. The van der Waals surface area contributed by atoms with E-state index in [4.69, 9.17) is 9.40 Å². The molecule has 0 saturated carbocycles. The van der Waals surface area contributed by atoms with Gasteiger partial charge in [0.05, 0.1) is 11.0 Å². The predicted octanol–water partition coefficient (Wildman–Crippen LogP) is 12.9. The van der Waals surface area contributed by atoms with Crippen LogP contribution in [0.4, 0.5) is 17.1 Å². The van der Waals surface area contributed by atoms with E-state index in [0.29, 0.717) is 5.89 Å². The minimum Gasteiger partial charge on any atom is -0.436 e. The molecule has 0 aliphatic heterocycles. The average Bonchev–Trinajstić information content (AvgIpc) is 3.80. The number of hydrogen-bond acceptors (Lipinski definition) is 3. The van der Waals surface area contributed by atoms with Crippen molar-refractivity contribution in [1.29, 1.82) is 0 Å². The molecule has 0 amide bonds. The number of rotatable bonds is 6. The second-order valence-corrected chi connectivity index (χ2v) is 12.8. The van der Waals surface area contributed by atoms with E-state index in [9.17, 15) is 0 Å². The second-order valence-electron chi connectivity index (χ2n) is 12.8. The van der Waals surface area contributed by atoms with Gasteiger partial charge in [0.1, 0.15) is 5.52 Å². The number of anilines is 3. The third-order valence-electron chi connectivity index (χ3n) is 9.83. The normalized spacial score (nSPS) is 11.5. The minimum absolute atomic E-state index is 0.636. The van der Waals surface area contributed by atoms with Crippen molar-refractivity contribution >= 4 is 60.7 Å². The molecule has 0 saturated heterocycles. The lowest BCUT2D eigenvalue weighted by molar-refractivity contribution is 0.620. The summed E-state index contributed by atoms with van der Waals surface area (Å²) in [6, 6.07) is 66.3. The third kappa shape index (κ3) is 4.88. The van der Waals surface area contributed by atoms with Gasteiger partial charge in [-0.2, -0.15) is 0 Å². The minimum atomic E-state index is 0.636. The van der Waals surface area contributed by atoms with E-state index in [1.54, 1.807) is 0 Å². The number of benzene rings is 8. The lowest BCUT2D eigenvalue weighted by Gasteiger charge is -2.26. The van der Waals surface area contributed by atoms with Crippen molar-refractivity contribution in [3.05, 3.63) is 188 Å². The molecule has 4 nitrogen and oxygen atoms in total. The first-order chi connectivity index (χ1) is 25.3. The predicted molar refractivity (Wildman–Crippen MR) is 211 cm³/mol. The Bertz CT molecular complexity index is 2780. The van der Waals surface area contributed by atoms with Crippen molar-refractivity contribution in [3.8, 4) is 28.3 Å². The van der Waals surface area contributed by atoms with Crippen molar-refractivity contribution in [2.24, 2.45) is 0 Å². The average molecular weight is 654 g/mol. The Balaban J connectivity index is 1.03. The molecular weight excluding hydrogens is 623 g/mol. The SMILES string of the molecule is c1ccc(-c2nc3c(ccc4c(-c5ccc(N(c6ccccc6)c6ccc(-n7c8ccccc8c8ccccc87)cc6)cc5)cccc43)o2)cc1. The van der Waals surface area contributed by atoms with Crippen LogP contribution in [0.3, 0.4) is 0 Å². The fourth-order valence-corrected chi connectivity index (χ4v) is 7.47. The molecule has 0 fully saturated rings. The van der Waals surface area contributed by atoms with E-state index in [1.807, 2.05) is 36.4 Å². The van der Waals surface area contributed by atoms with Crippen molar-refractivity contribution < 1.29 is 4.42 Å². The molecule has 0 radical (unpaired) electrons. The van der Waals surface area contributed by atoms with Gasteiger partial charge in [-0.05, 0) is 101 Å². The highest BCUT2D eigenvalue weighted by molar-refractivity contribution is 6.10. The Kier molecular flexibility index (Phi) is 6.78. The molecule has 10 rings (SSSR count). The Morgan fingerprint density at radius 1 is 0.412 bits per heavy atom. The highest BCUT2D eigenvalue weighted by Gasteiger charge is 2.17. The second kappa shape index (κ2) is 11.9. The highest BCUT2D eigenvalue weighted by atomic mass is 16.3. The smallest absolute Gasteiger partial charge is 0.227 e. The Morgan fingerprint density at radius 3 is 1.67 bits per heavy atom. The number of hydrogen-bond donors (Lipinski definition) is 0. The summed E-state index contributed by atoms with van der Waals surface area (Å²) in [4.78, 5) is 7.24. The molecule has 0 N–H and O–H groups in total. The van der Waals surface area contributed by atoms with Crippen LogP contribution in [0.2, 0.25) is 0 Å². The van der Waals surface area contributed by atoms with E-state index >= 15 is 0 Å². The van der Waals surface area contributed by atoms with Gasteiger partial charge in [-0.3, -0.25) is 0 Å². The zero-order valence-corrected chi connectivity index (χ0v) is 27.6. The largest absolute Gasteiger partial charge is 0.436 e. The summed E-state index contributed by atoms with van der Waals surface area (Å²) in [7, 11) is 0. The summed E-state index contributed by atoms with van der Waals surface area (Å²) >= 11 is 0. The zero-order chi connectivity index (χ0) is 33.7. The van der Waals surface area contributed by atoms with Gasteiger partial charge in [0.2, 0.25) is 5.89 Å². The first-order valence-corrected chi connectivity index (χ1v) is 17.2. The van der Waals surface area contributed by atoms with E-state index in [0.717, 1.165) is 61.3 Å². The fraction of sp³-hybridized carbons (Fsp3) is 0. The first kappa shape index (κ1) is 29.0. The van der Waals surface area contributed by atoms with Gasteiger partial charge in [-0.15, -0.1) is 0 Å². The van der Waals surface area contributed by atoms with Gasteiger partial charge in [0.25, 0.3) is 0 Å². The fourth-order valence-electron chi connectivity index (χ4n) is 7.47. The third-order valence-corrected chi connectivity index (χ3v) is 9.83. The molecule has 10 aromatic rings. The van der Waals surface area contributed by atoms with Crippen LogP contribution >= 0.6 is 0 Å². The summed E-state index contributed by atoms with van der Waals surface area (Å²) in [6.07, 6.45) is 0. The zero-order valence-electron chi connectivity index (χ0n) is 27.6. The van der Waals surface area contributed by atoms with E-state index in [2.05, 4.69) is 161 Å². The van der Waals surface area contributed by atoms with Crippen LogP contribution < -0.4 is 4.90 Å². The number of fused-ring (bicyclic) bond motifs is 6. The van der Waals surface area contributed by atoms with Gasteiger partial charge in [-0.25, -0.2) is 4.98 Å². The molecular formula is C47H31N3O. The summed E-state index contributed by atoms with van der Waals surface area (Å²) in [5.74, 6) is 0.636. The van der Waals surface area contributed by atoms with Crippen LogP contribution in [-0.2, 0) is 0 Å². The molecule has 240 valence electrons. The highest BCUT2D eigenvalue weighted by Crippen LogP contribution is 2.39. The maximum atomic E-state index is 6.18. The molecule has 8 aromatic carbocycles. The van der Waals surface area contributed by atoms with Gasteiger partial charge in [0, 0.05) is 44.5 Å². The molecule has 2 heterocycles. The van der Waals surface area contributed by atoms with Crippen molar-refractivity contribution in [2.45, 2.75) is 0 Å². The first-order valence-electron chi connectivity index (χ1n) is 17.2. The molecule has 51 heavy (non-hydrogen) atoms. The number of aromatic nitrogens is 2. The van der Waals surface area contributed by atoms with E-state index in [-0.39, 0.29) is 0 Å². The number of para-hydroxylation sites is 3. The molecule has 0 unspecified atom stereocenters. The van der Waals surface area contributed by atoms with Crippen LogP contribution in [0.25, 0.3) is 71.9 Å². The quantitative estimate of drug-likeness (QED) is 0.179. The van der Waals surface area contributed by atoms with Crippen molar-refractivity contribution in [2.75, 3.05) is 4.90 Å². The number of nitrogens with zero attached hydrogens (tertiary/aromatic N) is 3. The summed E-state index contributed by atoms with van der Waals surface area (Å²) in [6.45, 7) is 0. The monoisotopic (exact) mass is 653 g/mol. The van der Waals surface area contributed by atoms with Crippen molar-refractivity contribution in [3.63, 3.8) is 0 Å². The molecule has 0 spiro atoms. The maximum absolute atomic E-state index is 6.18. The molecule has 0 aliphatic carbocycles. The summed E-state index contributed by atoms with van der Waals surface area (Å²) < 4.78 is 8.54. The topological polar surface area (TPSA) is 34.2 Å². The molecule has 4 heteroatoms. The van der Waals surface area contributed by atoms with Crippen LogP contribution in [0.5, 0.6) is 0 Å². The van der Waals surface area contributed by atoms with E-state index < -0.39 is 0 Å². The Morgan fingerprint density at radius 2 is 0.980 bits per heavy atom. The van der Waals surface area contributed by atoms with Crippen LogP contribution in [0.15, 0.2) is 192 Å². The molecule has 2 aromatic heterocycles. The van der Waals surface area contributed by atoms with E-state index in [1.165, 1.54) is 21.8 Å². The van der Waals surface area contributed by atoms with Crippen LogP contribution in [-0.4, -0.2) is 9.55 Å². The Labute approximate surface area is 295 Å². The summed E-state index contributed by atoms with van der Waals surface area (Å²) in [5.41, 5.74) is 11.8. The summed E-state index contributed by atoms with van der Waals surface area (Å²) in [5, 5.41) is 4.74.